The van der Waals surface area contributed by atoms with E-state index in [0.717, 1.165) is 10.6 Å². The van der Waals surface area contributed by atoms with E-state index in [0.29, 0.717) is 23.3 Å². The Bertz CT molecular complexity index is 1670. The fraction of sp³-hybridized carbons (Fsp3) is 0.241. The third kappa shape index (κ3) is 7.67. The van der Waals surface area contributed by atoms with Crippen molar-refractivity contribution in [3.63, 3.8) is 0 Å². The molecule has 0 spiro atoms. The second kappa shape index (κ2) is 12.2. The number of nitrogens with one attached hydrogen (secondary N) is 3. The Morgan fingerprint density at radius 1 is 1.05 bits per heavy atom. The third-order valence-corrected chi connectivity index (χ3v) is 6.08. The van der Waals surface area contributed by atoms with Crippen molar-refractivity contribution < 1.29 is 19.1 Å². The number of rotatable bonds is 6. The largest absolute Gasteiger partial charge is 0.442 e. The molecule has 0 saturated heterocycles. The summed E-state index contributed by atoms with van der Waals surface area (Å²) in [5.41, 5.74) is 2.44. The highest BCUT2D eigenvalue weighted by Crippen LogP contribution is 2.24. The predicted octanol–water partition coefficient (Wildman–Crippen LogP) is 4.66. The zero-order valence-electron chi connectivity index (χ0n) is 22.9. The Kier molecular flexibility index (Phi) is 8.68. The van der Waals surface area contributed by atoms with Crippen LogP contribution in [0.2, 0.25) is 5.02 Å². The number of ether oxygens (including phenoxy) is 1. The molecule has 4 aromatic rings. The molecule has 2 heterocycles. The molecular formula is C29H29ClN6O5. The fourth-order valence-corrected chi connectivity index (χ4v) is 3.95. The van der Waals surface area contributed by atoms with Gasteiger partial charge >= 0.3 is 6.09 Å². The van der Waals surface area contributed by atoms with Gasteiger partial charge in [-0.1, -0.05) is 41.9 Å². The number of aromatic amines is 1. The van der Waals surface area contributed by atoms with Gasteiger partial charge in [-0.3, -0.25) is 19.8 Å². The average molecular weight is 577 g/mol. The summed E-state index contributed by atoms with van der Waals surface area (Å²) in [6.07, 6.45) is 1.24. The Morgan fingerprint density at radius 3 is 2.49 bits per heavy atom. The van der Waals surface area contributed by atoms with Gasteiger partial charge in [-0.15, -0.1) is 0 Å². The van der Waals surface area contributed by atoms with Gasteiger partial charge in [0.2, 0.25) is 0 Å². The van der Waals surface area contributed by atoms with Crippen LogP contribution in [-0.4, -0.2) is 50.0 Å². The molecule has 12 heteroatoms. The normalized spacial score (nSPS) is 11.1. The molecule has 212 valence electrons. The number of pyridine rings is 1. The SMILES string of the molecule is Cc1ncc2cc(C(=O)Nc3cc(C(=O)NN(CCc4ccccc4)C(=O)OC(C)(C)C)ccc3Cl)c(=O)[nH]c2n1. The molecule has 2 aromatic heterocycles. The van der Waals surface area contributed by atoms with E-state index in [4.69, 9.17) is 16.3 Å². The number of halogens is 1. The van der Waals surface area contributed by atoms with Gasteiger partial charge in [0, 0.05) is 23.7 Å². The topological polar surface area (TPSA) is 146 Å². The van der Waals surface area contributed by atoms with Crippen LogP contribution in [0.4, 0.5) is 10.5 Å². The van der Waals surface area contributed by atoms with Gasteiger partial charge in [0.15, 0.2) is 0 Å². The number of hydrogen-bond donors (Lipinski definition) is 3. The van der Waals surface area contributed by atoms with Crippen molar-refractivity contribution in [1.29, 1.82) is 0 Å². The molecule has 2 aromatic carbocycles. The molecule has 3 N–H and O–H groups in total. The van der Waals surface area contributed by atoms with E-state index in [-0.39, 0.29) is 28.4 Å². The molecule has 0 aliphatic rings. The van der Waals surface area contributed by atoms with Gasteiger partial charge < -0.3 is 15.0 Å². The maximum Gasteiger partial charge on any atom is 0.429 e. The number of carbonyl (C=O) groups excluding carboxylic acids is 3. The average Bonchev–Trinajstić information content (AvgIpc) is 2.91. The zero-order valence-corrected chi connectivity index (χ0v) is 23.7. The lowest BCUT2D eigenvalue weighted by Crippen LogP contribution is -2.49. The maximum absolute atomic E-state index is 13.2. The predicted molar refractivity (Wildman–Crippen MR) is 155 cm³/mol. The summed E-state index contributed by atoms with van der Waals surface area (Å²) in [6, 6.07) is 15.1. The monoisotopic (exact) mass is 576 g/mol. The molecule has 0 saturated carbocycles. The molecule has 0 radical (unpaired) electrons. The number of amides is 3. The number of fused-ring (bicyclic) bond motifs is 1. The van der Waals surface area contributed by atoms with Crippen LogP contribution in [0.25, 0.3) is 11.0 Å². The van der Waals surface area contributed by atoms with Crippen LogP contribution in [0.3, 0.4) is 0 Å². The summed E-state index contributed by atoms with van der Waals surface area (Å²) >= 11 is 6.29. The van der Waals surface area contributed by atoms with E-state index in [9.17, 15) is 19.2 Å². The van der Waals surface area contributed by atoms with E-state index < -0.39 is 29.1 Å². The molecule has 0 aliphatic carbocycles. The molecule has 0 fully saturated rings. The molecule has 41 heavy (non-hydrogen) atoms. The summed E-state index contributed by atoms with van der Waals surface area (Å²) in [4.78, 5) is 62.4. The smallest absolute Gasteiger partial charge is 0.429 e. The van der Waals surface area contributed by atoms with Crippen molar-refractivity contribution in [3.8, 4) is 0 Å². The van der Waals surface area contributed by atoms with Gasteiger partial charge in [0.1, 0.15) is 22.6 Å². The molecule has 0 aliphatic heterocycles. The molecular weight excluding hydrogens is 548 g/mol. The van der Waals surface area contributed by atoms with Crippen LogP contribution >= 0.6 is 11.6 Å². The number of aryl methyl sites for hydroxylation is 1. The first-order valence-electron chi connectivity index (χ1n) is 12.7. The van der Waals surface area contributed by atoms with Crippen molar-refractivity contribution in [3.05, 3.63) is 98.7 Å². The Hall–Kier alpha value is -4.77. The van der Waals surface area contributed by atoms with E-state index in [1.165, 1.54) is 30.5 Å². The van der Waals surface area contributed by atoms with E-state index in [1.807, 2.05) is 30.3 Å². The number of nitrogens with zero attached hydrogens (tertiary/aromatic N) is 3. The lowest BCUT2D eigenvalue weighted by molar-refractivity contribution is 0.0136. The third-order valence-electron chi connectivity index (χ3n) is 5.75. The van der Waals surface area contributed by atoms with Crippen LogP contribution < -0.4 is 16.3 Å². The van der Waals surface area contributed by atoms with E-state index in [1.54, 1.807) is 27.7 Å². The molecule has 0 atom stereocenters. The number of carbonyl (C=O) groups is 3. The van der Waals surface area contributed by atoms with Crippen molar-refractivity contribution in [1.82, 2.24) is 25.4 Å². The van der Waals surface area contributed by atoms with Crippen molar-refractivity contribution in [2.24, 2.45) is 0 Å². The quantitative estimate of drug-likeness (QED) is 0.283. The first kappa shape index (κ1) is 29.2. The van der Waals surface area contributed by atoms with Gasteiger partial charge in [-0.2, -0.15) is 0 Å². The number of benzene rings is 2. The number of anilines is 1. The van der Waals surface area contributed by atoms with E-state index in [2.05, 4.69) is 25.7 Å². The minimum Gasteiger partial charge on any atom is -0.442 e. The fourth-order valence-electron chi connectivity index (χ4n) is 3.78. The summed E-state index contributed by atoms with van der Waals surface area (Å²) in [7, 11) is 0. The Morgan fingerprint density at radius 2 is 1.78 bits per heavy atom. The highest BCUT2D eigenvalue weighted by molar-refractivity contribution is 6.34. The lowest BCUT2D eigenvalue weighted by Gasteiger charge is -2.27. The second-order valence-corrected chi connectivity index (χ2v) is 10.6. The highest BCUT2D eigenvalue weighted by atomic mass is 35.5. The van der Waals surface area contributed by atoms with Gasteiger partial charge in [0.05, 0.1) is 10.7 Å². The first-order chi connectivity index (χ1) is 19.4. The molecule has 4 rings (SSSR count). The number of H-pyrrole nitrogens is 1. The summed E-state index contributed by atoms with van der Waals surface area (Å²) < 4.78 is 5.47. The minimum absolute atomic E-state index is 0.0945. The number of hydrazine groups is 1. The van der Waals surface area contributed by atoms with Gasteiger partial charge in [-0.05, 0) is 63.9 Å². The van der Waals surface area contributed by atoms with Crippen LogP contribution in [0, 0.1) is 6.92 Å². The first-order valence-corrected chi connectivity index (χ1v) is 13.1. The maximum atomic E-state index is 13.2. The molecule has 0 unspecified atom stereocenters. The minimum atomic E-state index is -0.782. The number of hydrogen-bond acceptors (Lipinski definition) is 7. The lowest BCUT2D eigenvalue weighted by atomic mass is 10.1. The molecule has 3 amide bonds. The van der Waals surface area contributed by atoms with Crippen LogP contribution in [-0.2, 0) is 11.2 Å². The van der Waals surface area contributed by atoms with Crippen molar-refractivity contribution in [2.75, 3.05) is 11.9 Å². The van der Waals surface area contributed by atoms with Crippen LogP contribution in [0.5, 0.6) is 0 Å². The highest BCUT2D eigenvalue weighted by Gasteiger charge is 2.24. The molecule has 0 bridgehead atoms. The van der Waals surface area contributed by atoms with Crippen LogP contribution in [0.15, 0.2) is 65.6 Å². The van der Waals surface area contributed by atoms with Crippen molar-refractivity contribution in [2.45, 2.75) is 39.7 Å². The summed E-state index contributed by atoms with van der Waals surface area (Å²) in [5, 5.41) is 4.29. The Labute approximate surface area is 240 Å². The second-order valence-electron chi connectivity index (χ2n) is 10.2. The van der Waals surface area contributed by atoms with Crippen LogP contribution in [0.1, 0.15) is 52.9 Å². The van der Waals surface area contributed by atoms with Gasteiger partial charge in [-0.25, -0.2) is 19.8 Å². The molecule has 11 nitrogen and oxygen atoms in total. The number of aromatic nitrogens is 3. The van der Waals surface area contributed by atoms with Crippen molar-refractivity contribution >= 4 is 46.2 Å². The zero-order chi connectivity index (χ0) is 29.7. The standard InChI is InChI=1S/C29H29ClN6O5/c1-17-31-16-20-14-21(27(39)34-24(20)32-17)26(38)33-23-15-19(10-11-22(23)30)25(37)35-36(28(40)41-29(2,3)4)13-12-18-8-6-5-7-9-18/h5-11,14-16H,12-13H2,1-4H3,(H,33,38)(H,35,37)(H,31,32,34,39). The summed E-state index contributed by atoms with van der Waals surface area (Å²) in [5.74, 6) is -0.906. The summed E-state index contributed by atoms with van der Waals surface area (Å²) in [6.45, 7) is 7.01. The Balaban J connectivity index is 1.53. The van der Waals surface area contributed by atoms with Gasteiger partial charge in [0.25, 0.3) is 17.4 Å². The van der Waals surface area contributed by atoms with E-state index >= 15 is 0 Å².